The molecule has 1 unspecified atom stereocenters. The minimum Gasteiger partial charge on any atom is -0.253 e. The number of hydrogen-bond donors (Lipinski definition) is 0. The first-order valence-electron chi connectivity index (χ1n) is 9.10. The number of nitriles is 1. The quantitative estimate of drug-likeness (QED) is 0.527. The zero-order valence-corrected chi connectivity index (χ0v) is 14.7. The standard InChI is InChI=1S/C22H17N5/c23-13-15-3-5-16(6-4-15)18-2-1-11-27-22(18)19(14-26-27)17-7-8-20-21(12-17)25-10-9-24-20/h1-2,5,7-12,14-15H,3-4,6H2. The van der Waals surface area contributed by atoms with Crippen molar-refractivity contribution in [3.05, 3.63) is 66.8 Å². The van der Waals surface area contributed by atoms with Gasteiger partial charge < -0.3 is 0 Å². The van der Waals surface area contributed by atoms with Crippen molar-refractivity contribution < 1.29 is 0 Å². The Labute approximate surface area is 156 Å². The largest absolute Gasteiger partial charge is 0.253 e. The molecule has 130 valence electrons. The molecule has 0 saturated heterocycles. The number of aromatic nitrogens is 4. The molecule has 4 aromatic rings. The second-order valence-corrected chi connectivity index (χ2v) is 6.86. The normalized spacial score (nSPS) is 17.0. The van der Waals surface area contributed by atoms with Crippen molar-refractivity contribution in [3.63, 3.8) is 0 Å². The van der Waals surface area contributed by atoms with Crippen molar-refractivity contribution in [2.45, 2.75) is 19.3 Å². The van der Waals surface area contributed by atoms with Crippen molar-refractivity contribution in [1.29, 1.82) is 5.26 Å². The first-order chi connectivity index (χ1) is 13.3. The Kier molecular flexibility index (Phi) is 3.68. The van der Waals surface area contributed by atoms with Gasteiger partial charge in [-0.15, -0.1) is 0 Å². The summed E-state index contributed by atoms with van der Waals surface area (Å²) in [5.41, 5.74) is 7.52. The molecule has 1 aliphatic carbocycles. The Hall–Kier alpha value is -3.52. The van der Waals surface area contributed by atoms with Gasteiger partial charge in [0.15, 0.2) is 0 Å². The lowest BCUT2D eigenvalue weighted by Crippen LogP contribution is -2.04. The summed E-state index contributed by atoms with van der Waals surface area (Å²) in [6, 6.07) is 12.7. The van der Waals surface area contributed by atoms with Crippen molar-refractivity contribution >= 4 is 22.1 Å². The van der Waals surface area contributed by atoms with E-state index in [9.17, 15) is 0 Å². The summed E-state index contributed by atoms with van der Waals surface area (Å²) in [6.07, 6.45) is 12.2. The molecule has 1 aromatic carbocycles. The van der Waals surface area contributed by atoms with Gasteiger partial charge in [0.2, 0.25) is 0 Å². The fourth-order valence-electron chi connectivity index (χ4n) is 3.84. The van der Waals surface area contributed by atoms with Gasteiger partial charge in [-0.3, -0.25) is 9.97 Å². The van der Waals surface area contributed by atoms with E-state index in [-0.39, 0.29) is 5.92 Å². The van der Waals surface area contributed by atoms with Gasteiger partial charge in [-0.2, -0.15) is 10.4 Å². The van der Waals surface area contributed by atoms with Gasteiger partial charge in [0, 0.05) is 29.7 Å². The average molecular weight is 351 g/mol. The van der Waals surface area contributed by atoms with E-state index < -0.39 is 0 Å². The number of nitrogens with zero attached hydrogens (tertiary/aromatic N) is 5. The summed E-state index contributed by atoms with van der Waals surface area (Å²) in [6.45, 7) is 0. The Balaban J connectivity index is 1.67. The van der Waals surface area contributed by atoms with Gasteiger partial charge in [-0.1, -0.05) is 18.2 Å². The first kappa shape index (κ1) is 15.7. The molecule has 1 aliphatic rings. The van der Waals surface area contributed by atoms with Crippen LogP contribution in [0.1, 0.15) is 24.8 Å². The number of pyridine rings is 1. The molecule has 5 rings (SSSR count). The molecule has 27 heavy (non-hydrogen) atoms. The molecule has 0 bridgehead atoms. The van der Waals surface area contributed by atoms with Crippen molar-refractivity contribution in [2.24, 2.45) is 5.92 Å². The van der Waals surface area contributed by atoms with Gasteiger partial charge in [-0.05, 0) is 48.6 Å². The highest BCUT2D eigenvalue weighted by Crippen LogP contribution is 2.36. The van der Waals surface area contributed by atoms with Crippen molar-refractivity contribution in [1.82, 2.24) is 19.6 Å². The predicted octanol–water partition coefficient (Wildman–Crippen LogP) is 4.65. The Morgan fingerprint density at radius 2 is 1.96 bits per heavy atom. The number of hydrogen-bond acceptors (Lipinski definition) is 4. The smallest absolute Gasteiger partial charge is 0.0892 e. The number of benzene rings is 1. The first-order valence-corrected chi connectivity index (χ1v) is 9.10. The minimum absolute atomic E-state index is 0.136. The summed E-state index contributed by atoms with van der Waals surface area (Å²) in [4.78, 5) is 8.78. The molecule has 0 amide bonds. The number of rotatable bonds is 2. The van der Waals surface area contributed by atoms with E-state index in [1.165, 1.54) is 11.1 Å². The minimum atomic E-state index is 0.136. The molecule has 0 aliphatic heterocycles. The third kappa shape index (κ3) is 2.67. The Morgan fingerprint density at radius 1 is 1.07 bits per heavy atom. The topological polar surface area (TPSA) is 66.9 Å². The van der Waals surface area contributed by atoms with Gasteiger partial charge >= 0.3 is 0 Å². The van der Waals surface area contributed by atoms with Crippen LogP contribution < -0.4 is 0 Å². The molecule has 0 fully saturated rings. The molecule has 0 N–H and O–H groups in total. The summed E-state index contributed by atoms with van der Waals surface area (Å²) >= 11 is 0. The Bertz CT molecular complexity index is 1230. The molecule has 0 spiro atoms. The maximum atomic E-state index is 9.16. The SMILES string of the molecule is N#CC1CC=C(c2cccn3ncc(-c4ccc5nccnc5c4)c23)CC1. The molecule has 5 nitrogen and oxygen atoms in total. The molecule has 0 saturated carbocycles. The molecule has 3 aromatic heterocycles. The monoisotopic (exact) mass is 351 g/mol. The molecule has 3 heterocycles. The third-order valence-electron chi connectivity index (χ3n) is 5.26. The molecule has 1 atom stereocenters. The van der Waals surface area contributed by atoms with E-state index in [1.54, 1.807) is 12.4 Å². The number of fused-ring (bicyclic) bond motifs is 2. The second kappa shape index (κ2) is 6.33. The van der Waals surface area contributed by atoms with Crippen LogP contribution in [0.3, 0.4) is 0 Å². The highest BCUT2D eigenvalue weighted by molar-refractivity contribution is 5.92. The molecular formula is C22H17N5. The van der Waals surface area contributed by atoms with E-state index in [0.29, 0.717) is 0 Å². The van der Waals surface area contributed by atoms with Crippen molar-refractivity contribution in [2.75, 3.05) is 0 Å². The van der Waals surface area contributed by atoms with Crippen LogP contribution in [-0.2, 0) is 0 Å². The van der Waals surface area contributed by atoms with E-state index in [2.05, 4.69) is 45.4 Å². The fraction of sp³-hybridized carbons (Fsp3) is 0.182. The zero-order chi connectivity index (χ0) is 18.2. The van der Waals surface area contributed by atoms with Gasteiger partial charge in [0.1, 0.15) is 0 Å². The maximum Gasteiger partial charge on any atom is 0.0892 e. The van der Waals surface area contributed by atoms with Crippen LogP contribution in [-0.4, -0.2) is 19.6 Å². The molecule has 0 radical (unpaired) electrons. The summed E-state index contributed by atoms with van der Waals surface area (Å²) in [7, 11) is 0. The van der Waals surface area contributed by atoms with Crippen LogP contribution in [0.25, 0.3) is 33.3 Å². The maximum absolute atomic E-state index is 9.16. The van der Waals surface area contributed by atoms with Crippen LogP contribution in [0.4, 0.5) is 0 Å². The summed E-state index contributed by atoms with van der Waals surface area (Å²) < 4.78 is 1.93. The lowest BCUT2D eigenvalue weighted by atomic mass is 9.86. The summed E-state index contributed by atoms with van der Waals surface area (Å²) in [5, 5.41) is 13.7. The van der Waals surface area contributed by atoms with Crippen LogP contribution in [0, 0.1) is 17.2 Å². The average Bonchev–Trinajstić information content (AvgIpc) is 3.18. The third-order valence-corrected chi connectivity index (χ3v) is 5.26. The van der Waals surface area contributed by atoms with Crippen LogP contribution >= 0.6 is 0 Å². The summed E-state index contributed by atoms with van der Waals surface area (Å²) in [5.74, 6) is 0.136. The van der Waals surface area contributed by atoms with Crippen molar-refractivity contribution in [3.8, 4) is 17.2 Å². The molecular weight excluding hydrogens is 334 g/mol. The zero-order valence-electron chi connectivity index (χ0n) is 14.7. The van der Waals surface area contributed by atoms with E-state index in [1.807, 2.05) is 29.0 Å². The van der Waals surface area contributed by atoms with Gasteiger partial charge in [0.25, 0.3) is 0 Å². The lowest BCUT2D eigenvalue weighted by molar-refractivity contribution is 0.604. The highest BCUT2D eigenvalue weighted by atomic mass is 15.2. The van der Waals surface area contributed by atoms with Crippen LogP contribution in [0.5, 0.6) is 0 Å². The van der Waals surface area contributed by atoms with Gasteiger partial charge in [0.05, 0.1) is 34.7 Å². The second-order valence-electron chi connectivity index (χ2n) is 6.86. The highest BCUT2D eigenvalue weighted by Gasteiger charge is 2.19. The van der Waals surface area contributed by atoms with E-state index in [4.69, 9.17) is 5.26 Å². The van der Waals surface area contributed by atoms with Crippen LogP contribution in [0.15, 0.2) is 61.2 Å². The van der Waals surface area contributed by atoms with Crippen LogP contribution in [0.2, 0.25) is 0 Å². The predicted molar refractivity (Wildman–Crippen MR) is 105 cm³/mol. The molecule has 5 heteroatoms. The van der Waals surface area contributed by atoms with E-state index >= 15 is 0 Å². The Morgan fingerprint density at radius 3 is 2.78 bits per heavy atom. The number of allylic oxidation sites excluding steroid dienone is 2. The van der Waals surface area contributed by atoms with E-state index in [0.717, 1.165) is 46.9 Å². The lowest BCUT2D eigenvalue weighted by Gasteiger charge is -2.18. The van der Waals surface area contributed by atoms with Gasteiger partial charge in [-0.25, -0.2) is 4.52 Å². The fourth-order valence-corrected chi connectivity index (χ4v) is 3.84.